The van der Waals surface area contributed by atoms with E-state index in [9.17, 15) is 15.0 Å². The molecule has 1 rings (SSSR count). The topological polar surface area (TPSA) is 60.8 Å². The fourth-order valence-electron chi connectivity index (χ4n) is 2.60. The summed E-state index contributed by atoms with van der Waals surface area (Å²) in [6, 6.07) is 0. The van der Waals surface area contributed by atoms with Crippen LogP contribution >= 0.6 is 0 Å². The molecule has 0 unspecified atom stereocenters. The number of aliphatic hydroxyl groups excluding tert-OH is 1. The van der Waals surface area contributed by atoms with Crippen LogP contribution in [0.3, 0.4) is 0 Å². The summed E-state index contributed by atoms with van der Waals surface area (Å²) in [7, 11) is 0. The van der Waals surface area contributed by atoms with Crippen LogP contribution in [0.4, 0.5) is 4.79 Å². The second-order valence-corrected chi connectivity index (χ2v) is 5.64. The van der Waals surface area contributed by atoms with Crippen molar-refractivity contribution in [1.29, 1.82) is 0 Å². The maximum Gasteiger partial charge on any atom is 0.407 e. The molecule has 0 spiro atoms. The summed E-state index contributed by atoms with van der Waals surface area (Å²) in [4.78, 5) is 12.6. The van der Waals surface area contributed by atoms with E-state index in [-0.39, 0.29) is 12.0 Å². The third-order valence-corrected chi connectivity index (χ3v) is 3.59. The lowest BCUT2D eigenvalue weighted by molar-refractivity contribution is -0.0115. The lowest BCUT2D eigenvalue weighted by Crippen LogP contribution is -2.57. The minimum absolute atomic E-state index is 0.104. The highest BCUT2D eigenvalue weighted by molar-refractivity contribution is 5.67. The number of likely N-dealkylation sites (tertiary alicyclic amines) is 1. The van der Waals surface area contributed by atoms with Crippen molar-refractivity contribution in [3.05, 3.63) is 0 Å². The van der Waals surface area contributed by atoms with Gasteiger partial charge in [-0.25, -0.2) is 4.79 Å². The molecular weight excluding hydrogens is 194 g/mol. The first-order chi connectivity index (χ1) is 6.74. The van der Waals surface area contributed by atoms with Crippen molar-refractivity contribution in [2.75, 3.05) is 13.2 Å². The summed E-state index contributed by atoms with van der Waals surface area (Å²) in [5.41, 5.74) is -0.872. The van der Waals surface area contributed by atoms with Crippen molar-refractivity contribution >= 4 is 6.09 Å². The van der Waals surface area contributed by atoms with E-state index in [1.54, 1.807) is 0 Å². The van der Waals surface area contributed by atoms with Crippen molar-refractivity contribution in [3.8, 4) is 0 Å². The lowest BCUT2D eigenvalue weighted by atomic mass is 9.71. The Hall–Kier alpha value is -0.770. The molecule has 0 aromatic carbocycles. The first-order valence-corrected chi connectivity index (χ1v) is 5.36. The Morgan fingerprint density at radius 2 is 2.07 bits per heavy atom. The molecule has 4 nitrogen and oxygen atoms in total. The third kappa shape index (κ3) is 1.83. The van der Waals surface area contributed by atoms with Gasteiger partial charge in [-0.1, -0.05) is 27.7 Å². The van der Waals surface area contributed by atoms with E-state index in [0.29, 0.717) is 12.5 Å². The van der Waals surface area contributed by atoms with Gasteiger partial charge in [-0.2, -0.15) is 0 Å². The minimum atomic E-state index is -0.927. The highest BCUT2D eigenvalue weighted by atomic mass is 16.4. The second kappa shape index (κ2) is 3.67. The zero-order chi connectivity index (χ0) is 11.9. The lowest BCUT2D eigenvalue weighted by Gasteiger charge is -2.45. The van der Waals surface area contributed by atoms with Crippen LogP contribution < -0.4 is 0 Å². The van der Waals surface area contributed by atoms with Gasteiger partial charge in [0.25, 0.3) is 0 Å². The van der Waals surface area contributed by atoms with Gasteiger partial charge in [0.1, 0.15) is 0 Å². The van der Waals surface area contributed by atoms with Crippen LogP contribution in [-0.2, 0) is 0 Å². The van der Waals surface area contributed by atoms with Crippen LogP contribution in [0.25, 0.3) is 0 Å². The average molecular weight is 215 g/mol. The van der Waals surface area contributed by atoms with Gasteiger partial charge < -0.3 is 10.2 Å². The number of amides is 1. The molecule has 2 N–H and O–H groups in total. The molecule has 0 aromatic rings. The van der Waals surface area contributed by atoms with Gasteiger partial charge in [-0.3, -0.25) is 4.90 Å². The maximum atomic E-state index is 11.2. The highest BCUT2D eigenvalue weighted by Gasteiger charge is 2.53. The highest BCUT2D eigenvalue weighted by Crippen LogP contribution is 2.45. The first-order valence-electron chi connectivity index (χ1n) is 5.36. The normalized spacial score (nSPS) is 32.1. The molecule has 1 fully saturated rings. The van der Waals surface area contributed by atoms with E-state index in [4.69, 9.17) is 0 Å². The fraction of sp³-hybridized carbons (Fsp3) is 0.909. The molecular formula is C11H21NO3. The molecule has 0 aliphatic carbocycles. The number of rotatable bonds is 1. The van der Waals surface area contributed by atoms with Gasteiger partial charge in [0.15, 0.2) is 0 Å². The predicted octanol–water partition coefficient (Wildman–Crippen LogP) is 1.78. The largest absolute Gasteiger partial charge is 0.465 e. The number of aliphatic hydroxyl groups is 1. The number of carbonyl (C=O) groups is 1. The molecule has 88 valence electrons. The number of nitrogens with zero attached hydrogens (tertiary/aromatic N) is 1. The molecule has 1 aliphatic rings. The molecule has 1 heterocycles. The molecule has 0 bridgehead atoms. The monoisotopic (exact) mass is 215 g/mol. The smallest absolute Gasteiger partial charge is 0.407 e. The van der Waals surface area contributed by atoms with Gasteiger partial charge in [0, 0.05) is 6.54 Å². The summed E-state index contributed by atoms with van der Waals surface area (Å²) in [5.74, 6) is 0.312. The summed E-state index contributed by atoms with van der Waals surface area (Å²) in [5, 5.41) is 18.8. The van der Waals surface area contributed by atoms with E-state index in [0.717, 1.165) is 6.42 Å². The van der Waals surface area contributed by atoms with Gasteiger partial charge in [0.2, 0.25) is 0 Å². The van der Waals surface area contributed by atoms with Crippen molar-refractivity contribution in [2.45, 2.75) is 39.7 Å². The summed E-state index contributed by atoms with van der Waals surface area (Å²) >= 11 is 0. The molecule has 2 atom stereocenters. The Labute approximate surface area is 90.9 Å². The third-order valence-electron chi connectivity index (χ3n) is 3.59. The Morgan fingerprint density at radius 3 is 2.33 bits per heavy atom. The number of hydrogen-bond acceptors (Lipinski definition) is 2. The van der Waals surface area contributed by atoms with Crippen LogP contribution in [0, 0.1) is 11.3 Å². The summed E-state index contributed by atoms with van der Waals surface area (Å²) in [6.07, 6.45) is -0.192. The molecule has 1 aliphatic heterocycles. The summed E-state index contributed by atoms with van der Waals surface area (Å²) in [6.45, 7) is 8.39. The average Bonchev–Trinajstić information content (AvgIpc) is 2.42. The van der Waals surface area contributed by atoms with Crippen molar-refractivity contribution < 1.29 is 15.0 Å². The van der Waals surface area contributed by atoms with E-state index >= 15 is 0 Å². The van der Waals surface area contributed by atoms with Crippen LogP contribution in [0.2, 0.25) is 0 Å². The predicted molar refractivity (Wildman–Crippen MR) is 57.8 cm³/mol. The molecule has 1 saturated heterocycles. The Bertz CT molecular complexity index is 259. The standard InChI is InChI=1S/C11H21NO3/c1-8-5-11(7-13,10(2,3)4)12(6-8)9(14)15/h8,13H,5-7H2,1-4H3,(H,14,15)/t8-,11+/m0/s1. The SMILES string of the molecule is C[C@@H]1CN(C(=O)O)[C@](CO)(C(C)(C)C)C1. The van der Waals surface area contributed by atoms with E-state index in [2.05, 4.69) is 0 Å². The summed E-state index contributed by atoms with van der Waals surface area (Å²) < 4.78 is 0. The van der Waals surface area contributed by atoms with Gasteiger partial charge in [-0.05, 0) is 17.8 Å². The Balaban J connectivity index is 3.11. The van der Waals surface area contributed by atoms with Crippen LogP contribution in [0.15, 0.2) is 0 Å². The van der Waals surface area contributed by atoms with Crippen molar-refractivity contribution in [3.63, 3.8) is 0 Å². The molecule has 0 radical (unpaired) electrons. The molecule has 0 saturated carbocycles. The van der Waals surface area contributed by atoms with E-state index in [1.807, 2.05) is 27.7 Å². The second-order valence-electron chi connectivity index (χ2n) is 5.64. The molecule has 1 amide bonds. The fourth-order valence-corrected chi connectivity index (χ4v) is 2.60. The van der Waals surface area contributed by atoms with E-state index < -0.39 is 11.6 Å². The number of hydrogen-bond donors (Lipinski definition) is 2. The van der Waals surface area contributed by atoms with Crippen LogP contribution in [0.5, 0.6) is 0 Å². The van der Waals surface area contributed by atoms with Crippen molar-refractivity contribution in [1.82, 2.24) is 4.90 Å². The molecule has 15 heavy (non-hydrogen) atoms. The zero-order valence-corrected chi connectivity index (χ0v) is 9.95. The number of carboxylic acid groups (broad SMARTS) is 1. The molecule has 0 aromatic heterocycles. The Kier molecular flexibility index (Phi) is 3.01. The van der Waals surface area contributed by atoms with Crippen LogP contribution in [-0.4, -0.2) is 39.9 Å². The van der Waals surface area contributed by atoms with Crippen LogP contribution in [0.1, 0.15) is 34.1 Å². The maximum absolute atomic E-state index is 11.2. The Morgan fingerprint density at radius 1 is 1.53 bits per heavy atom. The molecule has 4 heteroatoms. The zero-order valence-electron chi connectivity index (χ0n) is 9.95. The first kappa shape index (κ1) is 12.3. The van der Waals surface area contributed by atoms with Gasteiger partial charge in [0.05, 0.1) is 12.1 Å². The minimum Gasteiger partial charge on any atom is -0.465 e. The quantitative estimate of drug-likeness (QED) is 0.701. The van der Waals surface area contributed by atoms with Gasteiger partial charge >= 0.3 is 6.09 Å². The van der Waals surface area contributed by atoms with Crippen molar-refractivity contribution in [2.24, 2.45) is 11.3 Å². The van der Waals surface area contributed by atoms with E-state index in [1.165, 1.54) is 4.90 Å². The van der Waals surface area contributed by atoms with Gasteiger partial charge in [-0.15, -0.1) is 0 Å².